The van der Waals surface area contributed by atoms with E-state index in [1.54, 1.807) is 6.07 Å². The topological polar surface area (TPSA) is 124 Å². The highest BCUT2D eigenvalue weighted by Gasteiger charge is 2.35. The Morgan fingerprint density at radius 1 is 1.39 bits per heavy atom. The van der Waals surface area contributed by atoms with Gasteiger partial charge >= 0.3 is 0 Å². The molecule has 0 radical (unpaired) electrons. The molecule has 1 aliphatic heterocycles. The zero-order chi connectivity index (χ0) is 22.0. The normalized spacial score (nSPS) is 20.1. The summed E-state index contributed by atoms with van der Waals surface area (Å²) in [5, 5.41) is 3.50. The largest absolute Gasteiger partial charge is 0.459 e. The molecule has 2 atom stereocenters. The summed E-state index contributed by atoms with van der Waals surface area (Å²) in [6.07, 6.45) is 5.47. The van der Waals surface area contributed by atoms with Gasteiger partial charge in [-0.25, -0.2) is 18.4 Å². The molecular formula is C20H26N6O4S. The minimum Gasteiger partial charge on any atom is -0.459 e. The smallest absolute Gasteiger partial charge is 0.287 e. The minimum absolute atomic E-state index is 0.0182. The van der Waals surface area contributed by atoms with Crippen LogP contribution in [0.4, 0.5) is 5.82 Å². The van der Waals surface area contributed by atoms with Gasteiger partial charge in [0.1, 0.15) is 17.8 Å². The SMILES string of the molecule is CC1CCN(S(=O)(=O)CCNC(=O)c2ccco2)CC1N(C)c1ncnc2[nH]ccc12. The summed E-state index contributed by atoms with van der Waals surface area (Å²) in [6, 6.07) is 5.03. The Labute approximate surface area is 180 Å². The first-order chi connectivity index (χ1) is 14.9. The zero-order valence-electron chi connectivity index (χ0n) is 17.5. The number of nitrogens with zero attached hydrogens (tertiary/aromatic N) is 4. The van der Waals surface area contributed by atoms with Gasteiger partial charge < -0.3 is 19.6 Å². The van der Waals surface area contributed by atoms with Crippen molar-refractivity contribution in [3.8, 4) is 0 Å². The Balaban J connectivity index is 1.42. The maximum atomic E-state index is 12.9. The van der Waals surface area contributed by atoms with Gasteiger partial charge in [0.25, 0.3) is 5.91 Å². The predicted octanol–water partition coefficient (Wildman–Crippen LogP) is 1.46. The molecule has 2 unspecified atom stereocenters. The molecule has 1 aliphatic rings. The molecular weight excluding hydrogens is 420 g/mol. The standard InChI is InChI=1S/C20H26N6O4S/c1-14-6-9-26(31(28,29)11-8-22-20(27)17-4-3-10-30-17)12-16(14)25(2)19-15-5-7-21-18(15)23-13-24-19/h3-5,7,10,13-14,16H,6,8-9,11-12H2,1-2H3,(H,22,27)(H,21,23,24). The van der Waals surface area contributed by atoms with Gasteiger partial charge in [-0.2, -0.15) is 4.31 Å². The predicted molar refractivity (Wildman–Crippen MR) is 116 cm³/mol. The van der Waals surface area contributed by atoms with Crippen LogP contribution in [0.15, 0.2) is 41.4 Å². The number of rotatable bonds is 7. The van der Waals surface area contributed by atoms with E-state index >= 15 is 0 Å². The Morgan fingerprint density at radius 3 is 3.00 bits per heavy atom. The lowest BCUT2D eigenvalue weighted by Crippen LogP contribution is -2.53. The highest BCUT2D eigenvalue weighted by atomic mass is 32.2. The van der Waals surface area contributed by atoms with Crippen molar-refractivity contribution in [2.45, 2.75) is 19.4 Å². The van der Waals surface area contributed by atoms with E-state index in [1.807, 2.05) is 24.2 Å². The van der Waals surface area contributed by atoms with Gasteiger partial charge in [-0.05, 0) is 30.5 Å². The lowest BCUT2D eigenvalue weighted by Gasteiger charge is -2.41. The van der Waals surface area contributed by atoms with Crippen molar-refractivity contribution >= 4 is 32.8 Å². The average molecular weight is 447 g/mol. The summed E-state index contributed by atoms with van der Waals surface area (Å²) in [5.41, 5.74) is 0.747. The molecule has 31 heavy (non-hydrogen) atoms. The number of carbonyl (C=O) groups excluding carboxylic acids is 1. The van der Waals surface area contributed by atoms with Crippen molar-refractivity contribution in [2.75, 3.05) is 37.3 Å². The van der Waals surface area contributed by atoms with Crippen molar-refractivity contribution in [1.29, 1.82) is 0 Å². The Bertz CT molecular complexity index is 1140. The van der Waals surface area contributed by atoms with Crippen LogP contribution in [-0.2, 0) is 10.0 Å². The molecule has 2 N–H and O–H groups in total. The maximum absolute atomic E-state index is 12.9. The molecule has 10 nitrogen and oxygen atoms in total. The lowest BCUT2D eigenvalue weighted by atomic mass is 9.93. The van der Waals surface area contributed by atoms with Crippen LogP contribution in [0.5, 0.6) is 0 Å². The molecule has 1 amide bonds. The van der Waals surface area contributed by atoms with E-state index in [0.717, 1.165) is 23.3 Å². The molecule has 4 heterocycles. The summed E-state index contributed by atoms with van der Waals surface area (Å²) < 4.78 is 32.4. The van der Waals surface area contributed by atoms with Gasteiger partial charge in [0, 0.05) is 38.9 Å². The second kappa shape index (κ2) is 8.67. The molecule has 0 spiro atoms. The molecule has 4 rings (SSSR count). The summed E-state index contributed by atoms with van der Waals surface area (Å²) in [5.74, 6) is 0.628. The van der Waals surface area contributed by atoms with Crippen molar-refractivity contribution in [3.63, 3.8) is 0 Å². The Kier molecular flexibility index (Phi) is 5.96. The lowest BCUT2D eigenvalue weighted by molar-refractivity contribution is 0.0928. The number of hydrogen-bond donors (Lipinski definition) is 2. The van der Waals surface area contributed by atoms with Gasteiger partial charge in [0.05, 0.1) is 17.4 Å². The maximum Gasteiger partial charge on any atom is 0.287 e. The molecule has 0 bridgehead atoms. The molecule has 0 saturated carbocycles. The molecule has 0 aromatic carbocycles. The molecule has 1 fully saturated rings. The number of carbonyl (C=O) groups is 1. The highest BCUT2D eigenvalue weighted by molar-refractivity contribution is 7.89. The second-order valence-corrected chi connectivity index (χ2v) is 9.88. The quantitative estimate of drug-likeness (QED) is 0.563. The number of amides is 1. The van der Waals surface area contributed by atoms with Crippen LogP contribution in [0.2, 0.25) is 0 Å². The van der Waals surface area contributed by atoms with Crippen LogP contribution in [0, 0.1) is 5.92 Å². The third-order valence-electron chi connectivity index (χ3n) is 5.83. The van der Waals surface area contributed by atoms with Crippen LogP contribution in [0.3, 0.4) is 0 Å². The number of piperidine rings is 1. The van der Waals surface area contributed by atoms with Crippen LogP contribution < -0.4 is 10.2 Å². The van der Waals surface area contributed by atoms with Crippen molar-refractivity contribution < 1.29 is 17.6 Å². The first-order valence-corrected chi connectivity index (χ1v) is 11.8. The number of likely N-dealkylation sites (N-methyl/N-ethyl adjacent to an activating group) is 1. The van der Waals surface area contributed by atoms with E-state index in [4.69, 9.17) is 4.42 Å². The molecule has 0 aliphatic carbocycles. The van der Waals surface area contributed by atoms with E-state index in [0.29, 0.717) is 19.0 Å². The van der Waals surface area contributed by atoms with Gasteiger partial charge in [0.15, 0.2) is 5.76 Å². The second-order valence-electron chi connectivity index (χ2n) is 7.79. The number of sulfonamides is 1. The van der Waals surface area contributed by atoms with Crippen molar-refractivity contribution in [3.05, 3.63) is 42.7 Å². The molecule has 166 valence electrons. The minimum atomic E-state index is -3.53. The Morgan fingerprint density at radius 2 is 2.23 bits per heavy atom. The fourth-order valence-corrected chi connectivity index (χ4v) is 5.37. The molecule has 11 heteroatoms. The van der Waals surface area contributed by atoms with Gasteiger partial charge in [0.2, 0.25) is 10.0 Å². The van der Waals surface area contributed by atoms with E-state index < -0.39 is 15.9 Å². The fraction of sp³-hybridized carbons (Fsp3) is 0.450. The third kappa shape index (κ3) is 4.42. The summed E-state index contributed by atoms with van der Waals surface area (Å²) in [4.78, 5) is 25.8. The number of anilines is 1. The van der Waals surface area contributed by atoms with Crippen molar-refractivity contribution in [2.24, 2.45) is 5.92 Å². The molecule has 3 aromatic heterocycles. The van der Waals surface area contributed by atoms with E-state index in [2.05, 4.69) is 27.2 Å². The number of aromatic amines is 1. The summed E-state index contributed by atoms with van der Waals surface area (Å²) in [7, 11) is -1.59. The molecule has 3 aromatic rings. The summed E-state index contributed by atoms with van der Waals surface area (Å²) in [6.45, 7) is 2.97. The number of nitrogens with one attached hydrogen (secondary N) is 2. The number of furan rings is 1. The number of hydrogen-bond acceptors (Lipinski definition) is 7. The summed E-state index contributed by atoms with van der Waals surface area (Å²) >= 11 is 0. The van der Waals surface area contributed by atoms with Crippen molar-refractivity contribution in [1.82, 2.24) is 24.6 Å². The number of fused-ring (bicyclic) bond motifs is 1. The van der Waals surface area contributed by atoms with E-state index in [1.165, 1.54) is 23.0 Å². The average Bonchev–Trinajstić information content (AvgIpc) is 3.45. The van der Waals surface area contributed by atoms with Gasteiger partial charge in [-0.15, -0.1) is 0 Å². The van der Waals surface area contributed by atoms with Crippen LogP contribution in [0.1, 0.15) is 23.9 Å². The monoisotopic (exact) mass is 446 g/mol. The fourth-order valence-electron chi connectivity index (χ4n) is 3.99. The van der Waals surface area contributed by atoms with E-state index in [-0.39, 0.29) is 24.1 Å². The third-order valence-corrected chi connectivity index (χ3v) is 7.67. The van der Waals surface area contributed by atoms with Crippen LogP contribution in [0.25, 0.3) is 11.0 Å². The Hall–Kier alpha value is -2.92. The van der Waals surface area contributed by atoms with Gasteiger partial charge in [-0.1, -0.05) is 6.92 Å². The zero-order valence-corrected chi connectivity index (χ0v) is 18.3. The van der Waals surface area contributed by atoms with Crippen LogP contribution in [-0.4, -0.2) is 72.1 Å². The van der Waals surface area contributed by atoms with Crippen LogP contribution >= 0.6 is 0 Å². The van der Waals surface area contributed by atoms with Gasteiger partial charge in [-0.3, -0.25) is 4.79 Å². The number of H-pyrrole nitrogens is 1. The number of aromatic nitrogens is 3. The molecule has 1 saturated heterocycles. The first-order valence-electron chi connectivity index (χ1n) is 10.2. The highest BCUT2D eigenvalue weighted by Crippen LogP contribution is 2.29. The first kappa shape index (κ1) is 21.3. The van der Waals surface area contributed by atoms with E-state index in [9.17, 15) is 13.2 Å².